The van der Waals surface area contributed by atoms with Gasteiger partial charge < -0.3 is 9.47 Å². The van der Waals surface area contributed by atoms with Crippen molar-refractivity contribution in [3.63, 3.8) is 0 Å². The second-order valence-corrected chi connectivity index (χ2v) is 5.28. The topological polar surface area (TPSA) is 72.9 Å². The first-order chi connectivity index (χ1) is 12.6. The molecule has 2 aromatic rings. The van der Waals surface area contributed by atoms with Gasteiger partial charge in [-0.15, -0.1) is 0 Å². The Hall–Kier alpha value is -3.15. The van der Waals surface area contributed by atoms with Gasteiger partial charge in [-0.25, -0.2) is 9.59 Å². The van der Waals surface area contributed by atoms with Crippen molar-refractivity contribution >= 4 is 23.5 Å². The van der Waals surface area contributed by atoms with Crippen molar-refractivity contribution in [2.75, 3.05) is 18.1 Å². The van der Waals surface area contributed by atoms with Crippen LogP contribution in [-0.2, 0) is 19.1 Å². The molecule has 0 saturated carbocycles. The summed E-state index contributed by atoms with van der Waals surface area (Å²) >= 11 is 0. The van der Waals surface area contributed by atoms with Crippen LogP contribution in [0, 0.1) is 0 Å². The maximum absolute atomic E-state index is 13.1. The van der Waals surface area contributed by atoms with Gasteiger partial charge in [-0.05, 0) is 38.1 Å². The molecule has 0 heterocycles. The third-order valence-corrected chi connectivity index (χ3v) is 3.55. The molecule has 2 aromatic carbocycles. The average molecular weight is 355 g/mol. The first-order valence-electron chi connectivity index (χ1n) is 8.37. The first-order valence-corrected chi connectivity index (χ1v) is 8.37. The number of anilines is 1. The highest BCUT2D eigenvalue weighted by molar-refractivity contribution is 6.15. The molecule has 26 heavy (non-hydrogen) atoms. The number of ether oxygens (including phenoxy) is 2. The lowest BCUT2D eigenvalue weighted by Gasteiger charge is -2.28. The number of para-hydroxylation sites is 1. The Balaban J connectivity index is 2.53. The molecule has 0 saturated heterocycles. The summed E-state index contributed by atoms with van der Waals surface area (Å²) in [5, 5.41) is 0. The minimum atomic E-state index is -1.52. The summed E-state index contributed by atoms with van der Waals surface area (Å²) in [7, 11) is 0. The summed E-state index contributed by atoms with van der Waals surface area (Å²) in [5.74, 6) is -2.17. The molecule has 2 rings (SSSR count). The lowest BCUT2D eigenvalue weighted by molar-refractivity contribution is -0.156. The number of amides is 1. The van der Waals surface area contributed by atoms with Crippen LogP contribution in [0.1, 0.15) is 24.2 Å². The van der Waals surface area contributed by atoms with Crippen molar-refractivity contribution in [2.24, 2.45) is 0 Å². The van der Waals surface area contributed by atoms with Gasteiger partial charge >= 0.3 is 11.9 Å². The van der Waals surface area contributed by atoms with Gasteiger partial charge in [0.05, 0.1) is 13.2 Å². The van der Waals surface area contributed by atoms with E-state index >= 15 is 0 Å². The largest absolute Gasteiger partial charge is 0.464 e. The number of hydrogen-bond donors (Lipinski definition) is 0. The Morgan fingerprint density at radius 1 is 0.808 bits per heavy atom. The highest BCUT2D eigenvalue weighted by Crippen LogP contribution is 2.22. The van der Waals surface area contributed by atoms with E-state index in [1.54, 1.807) is 74.5 Å². The van der Waals surface area contributed by atoms with Crippen LogP contribution >= 0.6 is 0 Å². The first kappa shape index (κ1) is 19.2. The molecule has 1 amide bonds. The lowest BCUT2D eigenvalue weighted by atomic mass is 10.1. The molecule has 0 N–H and O–H groups in total. The molecular formula is C20H21NO5. The van der Waals surface area contributed by atoms with Gasteiger partial charge in [0.15, 0.2) is 0 Å². The molecule has 0 aliphatic carbocycles. The predicted octanol–water partition coefficient (Wildman–Crippen LogP) is 2.83. The molecule has 0 radical (unpaired) electrons. The van der Waals surface area contributed by atoms with E-state index in [2.05, 4.69) is 0 Å². The fraction of sp³-hybridized carbons (Fsp3) is 0.250. The number of carbonyl (C=O) groups is 3. The molecule has 0 unspecified atom stereocenters. The van der Waals surface area contributed by atoms with Crippen molar-refractivity contribution in [1.29, 1.82) is 0 Å². The molecule has 6 heteroatoms. The summed E-state index contributed by atoms with van der Waals surface area (Å²) in [6, 6.07) is 15.4. The molecule has 0 bridgehead atoms. The highest BCUT2D eigenvalue weighted by Gasteiger charge is 2.40. The van der Waals surface area contributed by atoms with Crippen LogP contribution in [0.5, 0.6) is 0 Å². The quantitative estimate of drug-likeness (QED) is 0.564. The number of benzene rings is 2. The Bertz CT molecular complexity index is 727. The summed E-state index contributed by atoms with van der Waals surface area (Å²) in [5.41, 5.74) is 0.738. The van der Waals surface area contributed by atoms with Crippen molar-refractivity contribution in [2.45, 2.75) is 19.9 Å². The minimum absolute atomic E-state index is 0.0803. The second kappa shape index (κ2) is 9.36. The zero-order valence-corrected chi connectivity index (χ0v) is 14.8. The van der Waals surface area contributed by atoms with Crippen molar-refractivity contribution in [3.8, 4) is 0 Å². The van der Waals surface area contributed by atoms with Gasteiger partial charge in [0.1, 0.15) is 0 Å². The summed E-state index contributed by atoms with van der Waals surface area (Å²) < 4.78 is 10.1. The number of esters is 2. The number of hydrogen-bond acceptors (Lipinski definition) is 5. The van der Waals surface area contributed by atoms with E-state index in [1.165, 1.54) is 0 Å². The third kappa shape index (κ3) is 4.47. The molecule has 0 aliphatic heterocycles. The lowest BCUT2D eigenvalue weighted by Crippen LogP contribution is -2.51. The van der Waals surface area contributed by atoms with Gasteiger partial charge in [-0.2, -0.15) is 0 Å². The smallest absolute Gasteiger partial charge is 0.341 e. The maximum Gasteiger partial charge on any atom is 0.341 e. The normalized spacial score (nSPS) is 10.3. The second-order valence-electron chi connectivity index (χ2n) is 5.28. The van der Waals surface area contributed by atoms with Gasteiger partial charge in [-0.1, -0.05) is 36.4 Å². The minimum Gasteiger partial charge on any atom is -0.464 e. The Morgan fingerprint density at radius 3 is 1.73 bits per heavy atom. The highest BCUT2D eigenvalue weighted by atomic mass is 16.6. The molecular weight excluding hydrogens is 334 g/mol. The molecule has 136 valence electrons. The van der Waals surface area contributed by atoms with Crippen molar-refractivity contribution in [1.82, 2.24) is 0 Å². The van der Waals surface area contributed by atoms with E-state index < -0.39 is 23.9 Å². The summed E-state index contributed by atoms with van der Waals surface area (Å²) in [6.07, 6.45) is 0. The van der Waals surface area contributed by atoms with E-state index in [4.69, 9.17) is 9.47 Å². The van der Waals surface area contributed by atoms with Crippen LogP contribution in [0.15, 0.2) is 60.7 Å². The maximum atomic E-state index is 13.1. The van der Waals surface area contributed by atoms with Crippen LogP contribution in [0.3, 0.4) is 0 Å². The fourth-order valence-electron chi connectivity index (χ4n) is 2.44. The van der Waals surface area contributed by atoms with E-state index in [0.29, 0.717) is 11.3 Å². The number of carbonyl (C=O) groups excluding carboxylic acids is 3. The van der Waals surface area contributed by atoms with Gasteiger partial charge in [-0.3, -0.25) is 9.69 Å². The van der Waals surface area contributed by atoms with Gasteiger partial charge in [0, 0.05) is 11.3 Å². The zero-order valence-electron chi connectivity index (χ0n) is 14.8. The van der Waals surface area contributed by atoms with E-state index in [1.807, 2.05) is 0 Å². The van der Waals surface area contributed by atoms with Crippen LogP contribution in [0.25, 0.3) is 0 Å². The summed E-state index contributed by atoms with van der Waals surface area (Å²) in [4.78, 5) is 39.2. The average Bonchev–Trinajstić information content (AvgIpc) is 2.67. The van der Waals surface area contributed by atoms with E-state index in [9.17, 15) is 14.4 Å². The molecule has 0 fully saturated rings. The Morgan fingerprint density at radius 2 is 1.27 bits per heavy atom. The van der Waals surface area contributed by atoms with Gasteiger partial charge in [0.2, 0.25) is 6.04 Å². The third-order valence-electron chi connectivity index (χ3n) is 3.55. The van der Waals surface area contributed by atoms with Crippen molar-refractivity contribution < 1.29 is 23.9 Å². The monoisotopic (exact) mass is 355 g/mol. The molecule has 6 nitrogen and oxygen atoms in total. The molecule has 0 aliphatic rings. The van der Waals surface area contributed by atoms with Crippen LogP contribution in [0.4, 0.5) is 5.69 Å². The SMILES string of the molecule is CCOC(=O)C(C(=O)OCC)N(C(=O)c1ccccc1)c1ccccc1. The Labute approximate surface area is 152 Å². The number of nitrogens with zero attached hydrogens (tertiary/aromatic N) is 1. The number of rotatable bonds is 7. The molecule has 0 atom stereocenters. The standard InChI is InChI=1S/C20H21NO5/c1-3-25-19(23)17(20(24)26-4-2)21(16-13-9-6-10-14-16)18(22)15-11-7-5-8-12-15/h5-14,17H,3-4H2,1-2H3. The molecule has 0 spiro atoms. The van der Waals surface area contributed by atoms with Crippen molar-refractivity contribution in [3.05, 3.63) is 66.2 Å². The predicted molar refractivity (Wildman–Crippen MR) is 96.7 cm³/mol. The molecule has 0 aromatic heterocycles. The fourth-order valence-corrected chi connectivity index (χ4v) is 2.44. The van der Waals surface area contributed by atoms with E-state index in [-0.39, 0.29) is 13.2 Å². The Kier molecular flexibility index (Phi) is 6.91. The van der Waals surface area contributed by atoms with Crippen LogP contribution in [0.2, 0.25) is 0 Å². The van der Waals surface area contributed by atoms with Crippen LogP contribution in [-0.4, -0.2) is 37.1 Å². The zero-order chi connectivity index (χ0) is 18.9. The van der Waals surface area contributed by atoms with E-state index in [0.717, 1.165) is 4.90 Å². The summed E-state index contributed by atoms with van der Waals surface area (Å²) in [6.45, 7) is 3.42. The van der Waals surface area contributed by atoms with Crippen LogP contribution < -0.4 is 4.90 Å². The van der Waals surface area contributed by atoms with Gasteiger partial charge in [0.25, 0.3) is 5.91 Å².